The fraction of sp³-hybridized carbons (Fsp3) is 0.294. The van der Waals surface area contributed by atoms with Crippen molar-refractivity contribution >= 4 is 0 Å². The molecule has 0 heterocycles. The van der Waals surface area contributed by atoms with Crippen LogP contribution < -0.4 is 0 Å². The number of benzene rings is 1. The van der Waals surface area contributed by atoms with Gasteiger partial charge in [0.2, 0.25) is 0 Å². The van der Waals surface area contributed by atoms with Crippen molar-refractivity contribution in [1.82, 2.24) is 0 Å². The van der Waals surface area contributed by atoms with Gasteiger partial charge in [0.25, 0.3) is 0 Å². The molecule has 1 aliphatic rings. The Bertz CT molecular complexity index is 409. The summed E-state index contributed by atoms with van der Waals surface area (Å²) in [6.07, 6.45) is 13.6. The van der Waals surface area contributed by atoms with E-state index in [4.69, 9.17) is 0 Å². The molecule has 0 spiro atoms. The van der Waals surface area contributed by atoms with E-state index in [9.17, 15) is 0 Å². The van der Waals surface area contributed by atoms with Crippen LogP contribution in [0, 0.1) is 0 Å². The van der Waals surface area contributed by atoms with Gasteiger partial charge < -0.3 is 0 Å². The highest BCUT2D eigenvalue weighted by Gasteiger charge is 2.14. The van der Waals surface area contributed by atoms with Gasteiger partial charge in [-0.05, 0) is 36.8 Å². The summed E-state index contributed by atoms with van der Waals surface area (Å²) in [6, 6.07) is 10.8. The molecule has 0 aromatic heterocycles. The average Bonchev–Trinajstić information content (AvgIpc) is 2.42. The molecule has 0 heteroatoms. The molecule has 0 saturated heterocycles. The normalized spacial score (nSPS) is 16.4. The maximum Gasteiger partial charge on any atom is 0.00890 e. The summed E-state index contributed by atoms with van der Waals surface area (Å²) in [4.78, 5) is 0. The second-order valence-corrected chi connectivity index (χ2v) is 4.51. The van der Waals surface area contributed by atoms with Crippen LogP contribution in [0.3, 0.4) is 0 Å². The summed E-state index contributed by atoms with van der Waals surface area (Å²) >= 11 is 0. The standard InChI is InChI=1S/C17H20/c1-2-3-14-17(15-10-6-4-7-11-15)16-12-8-5-9-13-16/h2,4,6-8,10-13,17H,1,3,5,9,14H2. The number of hydrogen-bond acceptors (Lipinski definition) is 0. The first-order chi connectivity index (χ1) is 8.42. The van der Waals surface area contributed by atoms with Gasteiger partial charge in [0.1, 0.15) is 0 Å². The lowest BCUT2D eigenvalue weighted by Crippen LogP contribution is -2.02. The van der Waals surface area contributed by atoms with Crippen LogP contribution in [0.1, 0.15) is 37.2 Å². The highest BCUT2D eigenvalue weighted by molar-refractivity contribution is 5.36. The second kappa shape index (κ2) is 6.24. The fourth-order valence-electron chi connectivity index (χ4n) is 2.39. The molecule has 0 N–H and O–H groups in total. The Labute approximate surface area is 104 Å². The van der Waals surface area contributed by atoms with E-state index in [2.05, 4.69) is 55.1 Å². The summed E-state index contributed by atoms with van der Waals surface area (Å²) in [6.45, 7) is 3.83. The minimum Gasteiger partial charge on any atom is -0.103 e. The van der Waals surface area contributed by atoms with E-state index in [1.807, 2.05) is 6.08 Å². The first-order valence-electron chi connectivity index (χ1n) is 6.44. The van der Waals surface area contributed by atoms with E-state index in [0.717, 1.165) is 12.8 Å². The van der Waals surface area contributed by atoms with Gasteiger partial charge in [0, 0.05) is 5.92 Å². The van der Waals surface area contributed by atoms with Crippen LogP contribution >= 0.6 is 0 Å². The van der Waals surface area contributed by atoms with Gasteiger partial charge in [0.15, 0.2) is 0 Å². The Kier molecular flexibility index (Phi) is 4.37. The fourth-order valence-corrected chi connectivity index (χ4v) is 2.39. The lowest BCUT2D eigenvalue weighted by atomic mass is 9.85. The van der Waals surface area contributed by atoms with Crippen LogP contribution in [0.25, 0.3) is 0 Å². The zero-order valence-corrected chi connectivity index (χ0v) is 10.3. The van der Waals surface area contributed by atoms with Gasteiger partial charge in [-0.15, -0.1) is 6.58 Å². The van der Waals surface area contributed by atoms with Crippen LogP contribution in [0.2, 0.25) is 0 Å². The summed E-state index contributed by atoms with van der Waals surface area (Å²) < 4.78 is 0. The molecule has 1 aromatic rings. The van der Waals surface area contributed by atoms with Crippen molar-refractivity contribution in [3.05, 3.63) is 72.4 Å². The third-order valence-corrected chi connectivity index (χ3v) is 3.29. The molecule has 0 aliphatic heterocycles. The third kappa shape index (κ3) is 3.20. The Morgan fingerprint density at radius 2 is 2.00 bits per heavy atom. The van der Waals surface area contributed by atoms with Crippen LogP contribution in [0.5, 0.6) is 0 Å². The highest BCUT2D eigenvalue weighted by Crippen LogP contribution is 2.32. The highest BCUT2D eigenvalue weighted by atomic mass is 14.2. The molecule has 0 bridgehead atoms. The molecule has 0 nitrogen and oxygen atoms in total. The molecule has 88 valence electrons. The van der Waals surface area contributed by atoms with Gasteiger partial charge in [-0.3, -0.25) is 0 Å². The monoisotopic (exact) mass is 224 g/mol. The average molecular weight is 224 g/mol. The van der Waals surface area contributed by atoms with Crippen molar-refractivity contribution < 1.29 is 0 Å². The maximum atomic E-state index is 3.83. The smallest absolute Gasteiger partial charge is 0.00890 e. The molecule has 17 heavy (non-hydrogen) atoms. The predicted octanol–water partition coefficient (Wildman–Crippen LogP) is 5.01. The summed E-state index contributed by atoms with van der Waals surface area (Å²) in [5.74, 6) is 0.533. The number of rotatable bonds is 5. The minimum atomic E-state index is 0.533. The van der Waals surface area contributed by atoms with E-state index >= 15 is 0 Å². The largest absolute Gasteiger partial charge is 0.103 e. The van der Waals surface area contributed by atoms with Crippen molar-refractivity contribution in [2.45, 2.75) is 31.6 Å². The van der Waals surface area contributed by atoms with Crippen LogP contribution in [-0.2, 0) is 0 Å². The minimum absolute atomic E-state index is 0.533. The summed E-state index contributed by atoms with van der Waals surface area (Å²) in [5.41, 5.74) is 2.90. The molecule has 1 aliphatic carbocycles. The van der Waals surface area contributed by atoms with Crippen molar-refractivity contribution in [2.24, 2.45) is 0 Å². The Morgan fingerprint density at radius 1 is 1.18 bits per heavy atom. The molecule has 0 amide bonds. The van der Waals surface area contributed by atoms with Gasteiger partial charge in [-0.1, -0.05) is 54.6 Å². The number of allylic oxidation sites excluding steroid dienone is 5. The van der Waals surface area contributed by atoms with E-state index < -0.39 is 0 Å². The lowest BCUT2D eigenvalue weighted by Gasteiger charge is -2.20. The Morgan fingerprint density at radius 3 is 2.65 bits per heavy atom. The second-order valence-electron chi connectivity index (χ2n) is 4.51. The van der Waals surface area contributed by atoms with E-state index in [1.165, 1.54) is 24.0 Å². The summed E-state index contributed by atoms with van der Waals surface area (Å²) in [5, 5.41) is 0. The molecule has 1 atom stereocenters. The molecule has 1 aromatic carbocycles. The maximum absolute atomic E-state index is 3.83. The Hall–Kier alpha value is -1.56. The van der Waals surface area contributed by atoms with Crippen LogP contribution in [-0.4, -0.2) is 0 Å². The molecular formula is C17H20. The molecule has 2 rings (SSSR count). The van der Waals surface area contributed by atoms with E-state index in [1.54, 1.807) is 0 Å². The third-order valence-electron chi connectivity index (χ3n) is 3.29. The SMILES string of the molecule is C=CCCC(C1=CCCC=C1)c1ccccc1. The zero-order valence-electron chi connectivity index (χ0n) is 10.3. The van der Waals surface area contributed by atoms with Crippen molar-refractivity contribution in [2.75, 3.05) is 0 Å². The van der Waals surface area contributed by atoms with Crippen LogP contribution in [0.15, 0.2) is 66.8 Å². The van der Waals surface area contributed by atoms with Crippen molar-refractivity contribution in [1.29, 1.82) is 0 Å². The van der Waals surface area contributed by atoms with Gasteiger partial charge in [-0.2, -0.15) is 0 Å². The number of hydrogen-bond donors (Lipinski definition) is 0. The first kappa shape index (κ1) is 11.9. The topological polar surface area (TPSA) is 0 Å². The quantitative estimate of drug-likeness (QED) is 0.616. The van der Waals surface area contributed by atoms with Gasteiger partial charge >= 0.3 is 0 Å². The Balaban J connectivity index is 2.21. The summed E-state index contributed by atoms with van der Waals surface area (Å²) in [7, 11) is 0. The zero-order chi connectivity index (χ0) is 11.9. The van der Waals surface area contributed by atoms with Crippen LogP contribution in [0.4, 0.5) is 0 Å². The first-order valence-corrected chi connectivity index (χ1v) is 6.44. The van der Waals surface area contributed by atoms with Gasteiger partial charge in [0.05, 0.1) is 0 Å². The predicted molar refractivity (Wildman–Crippen MR) is 75.1 cm³/mol. The van der Waals surface area contributed by atoms with Crippen molar-refractivity contribution in [3.8, 4) is 0 Å². The van der Waals surface area contributed by atoms with E-state index in [-0.39, 0.29) is 0 Å². The van der Waals surface area contributed by atoms with E-state index in [0.29, 0.717) is 5.92 Å². The molecule has 0 saturated carbocycles. The van der Waals surface area contributed by atoms with Gasteiger partial charge in [-0.25, -0.2) is 0 Å². The molecule has 0 fully saturated rings. The van der Waals surface area contributed by atoms with Crippen molar-refractivity contribution in [3.63, 3.8) is 0 Å². The molecule has 1 unspecified atom stereocenters. The molecule has 0 radical (unpaired) electrons. The molecular weight excluding hydrogens is 204 g/mol. The lowest BCUT2D eigenvalue weighted by molar-refractivity contribution is 0.719.